The third-order valence-electron chi connectivity index (χ3n) is 5.66. The molecule has 2 atom stereocenters. The molecule has 0 aliphatic carbocycles. The minimum absolute atomic E-state index is 0.0997. The summed E-state index contributed by atoms with van der Waals surface area (Å²) in [5, 5.41) is 20.8. The lowest BCUT2D eigenvalue weighted by Crippen LogP contribution is -2.46. The minimum atomic E-state index is -0.715. The van der Waals surface area contributed by atoms with E-state index in [1.807, 2.05) is 13.8 Å². The smallest absolute Gasteiger partial charge is 0.181 e. The fourth-order valence-corrected chi connectivity index (χ4v) is 3.93. The zero-order valence-corrected chi connectivity index (χ0v) is 16.8. The number of ketones is 1. The van der Waals surface area contributed by atoms with Gasteiger partial charge in [-0.25, -0.2) is 0 Å². The third-order valence-corrected chi connectivity index (χ3v) is 5.66. The maximum Gasteiger partial charge on any atom is 0.181 e. The summed E-state index contributed by atoms with van der Waals surface area (Å²) in [5.41, 5.74) is 0.758. The van der Waals surface area contributed by atoms with Gasteiger partial charge < -0.3 is 29.2 Å². The van der Waals surface area contributed by atoms with E-state index in [9.17, 15) is 15.0 Å². The van der Waals surface area contributed by atoms with Crippen LogP contribution in [-0.4, -0.2) is 48.5 Å². The number of phenolic OH excluding ortho intramolecular Hbond substituents is 1. The Hall–Kier alpha value is -2.93. The number of hydrogen-bond donors (Lipinski definition) is 2. The number of methoxy groups -OCH3 is 2. The summed E-state index contributed by atoms with van der Waals surface area (Å²) in [4.78, 5) is 13.2. The van der Waals surface area contributed by atoms with Crippen molar-refractivity contribution in [3.8, 4) is 28.7 Å². The number of aliphatic hydroxyl groups excluding tert-OH is 1. The maximum absolute atomic E-state index is 13.2. The molecule has 0 radical (unpaired) electrons. The van der Waals surface area contributed by atoms with E-state index in [-0.39, 0.29) is 23.7 Å². The second-order valence-electron chi connectivity index (χ2n) is 7.84. The molecule has 0 saturated heterocycles. The highest BCUT2D eigenvalue weighted by Crippen LogP contribution is 2.46. The Morgan fingerprint density at radius 1 is 1.14 bits per heavy atom. The van der Waals surface area contributed by atoms with Crippen LogP contribution in [0.5, 0.6) is 28.7 Å². The number of ether oxygens (including phenoxy) is 4. The van der Waals surface area contributed by atoms with Crippen LogP contribution in [-0.2, 0) is 6.42 Å². The summed E-state index contributed by atoms with van der Waals surface area (Å²) in [6.45, 7) is 3.75. The molecule has 2 N–H and O–H groups in total. The lowest BCUT2D eigenvalue weighted by Gasteiger charge is -2.38. The van der Waals surface area contributed by atoms with E-state index in [2.05, 4.69) is 0 Å². The Balaban J connectivity index is 1.77. The van der Waals surface area contributed by atoms with E-state index >= 15 is 0 Å². The van der Waals surface area contributed by atoms with Gasteiger partial charge in [0, 0.05) is 29.7 Å². The number of Topliss-reactive ketones (excluding diaryl/α,β-unsaturated/α-hetero) is 1. The summed E-state index contributed by atoms with van der Waals surface area (Å²) >= 11 is 0. The van der Waals surface area contributed by atoms with Gasteiger partial charge in [0.15, 0.2) is 5.78 Å². The monoisotopic (exact) mass is 400 g/mol. The lowest BCUT2D eigenvalue weighted by atomic mass is 9.84. The zero-order chi connectivity index (χ0) is 20.9. The minimum Gasteiger partial charge on any atom is -0.507 e. The van der Waals surface area contributed by atoms with Gasteiger partial charge in [-0.15, -0.1) is 0 Å². The number of aliphatic hydroxyl groups is 1. The number of carbonyl (C=O) groups excluding carboxylic acids is 1. The second kappa shape index (κ2) is 6.84. The molecule has 0 saturated carbocycles. The van der Waals surface area contributed by atoms with Crippen LogP contribution in [0.4, 0.5) is 0 Å². The van der Waals surface area contributed by atoms with Crippen molar-refractivity contribution < 1.29 is 34.0 Å². The predicted octanol–water partition coefficient (Wildman–Crippen LogP) is 2.84. The Labute approximate surface area is 168 Å². The van der Waals surface area contributed by atoms with E-state index < -0.39 is 17.6 Å². The topological polar surface area (TPSA) is 94.5 Å². The van der Waals surface area contributed by atoms with Gasteiger partial charge in [-0.1, -0.05) is 6.07 Å². The Morgan fingerprint density at radius 2 is 1.90 bits per heavy atom. The van der Waals surface area contributed by atoms with Crippen LogP contribution >= 0.6 is 0 Å². The number of benzene rings is 2. The van der Waals surface area contributed by atoms with E-state index in [1.54, 1.807) is 18.2 Å². The molecular weight excluding hydrogens is 376 g/mol. The highest BCUT2D eigenvalue weighted by molar-refractivity contribution is 6.07. The van der Waals surface area contributed by atoms with Crippen LogP contribution in [0.3, 0.4) is 0 Å². The number of hydrogen-bond acceptors (Lipinski definition) is 7. The quantitative estimate of drug-likeness (QED) is 0.818. The normalized spacial score (nSPS) is 22.0. The van der Waals surface area contributed by atoms with Crippen LogP contribution in [0, 0.1) is 0 Å². The highest BCUT2D eigenvalue weighted by Gasteiger charge is 2.40. The van der Waals surface area contributed by atoms with Crippen molar-refractivity contribution in [1.29, 1.82) is 0 Å². The number of fused-ring (bicyclic) bond motifs is 2. The zero-order valence-electron chi connectivity index (χ0n) is 16.8. The second-order valence-corrected chi connectivity index (χ2v) is 7.84. The first-order chi connectivity index (χ1) is 13.8. The predicted molar refractivity (Wildman–Crippen MR) is 105 cm³/mol. The van der Waals surface area contributed by atoms with Gasteiger partial charge in [-0.05, 0) is 19.9 Å². The average molecular weight is 400 g/mol. The van der Waals surface area contributed by atoms with Crippen molar-refractivity contribution in [1.82, 2.24) is 0 Å². The Kier molecular flexibility index (Phi) is 4.58. The van der Waals surface area contributed by atoms with Crippen molar-refractivity contribution in [3.63, 3.8) is 0 Å². The van der Waals surface area contributed by atoms with Gasteiger partial charge in [-0.3, -0.25) is 4.79 Å². The first-order valence-corrected chi connectivity index (χ1v) is 9.41. The van der Waals surface area contributed by atoms with Gasteiger partial charge in [-0.2, -0.15) is 0 Å². The van der Waals surface area contributed by atoms with Crippen molar-refractivity contribution in [2.75, 3.05) is 20.8 Å². The van der Waals surface area contributed by atoms with Crippen molar-refractivity contribution >= 4 is 5.78 Å². The lowest BCUT2D eigenvalue weighted by molar-refractivity contribution is -0.0417. The summed E-state index contributed by atoms with van der Waals surface area (Å²) < 4.78 is 22.5. The first-order valence-electron chi connectivity index (χ1n) is 9.41. The molecule has 29 heavy (non-hydrogen) atoms. The van der Waals surface area contributed by atoms with Crippen molar-refractivity contribution in [3.05, 3.63) is 41.0 Å². The van der Waals surface area contributed by atoms with E-state index in [0.717, 1.165) is 5.56 Å². The molecule has 2 aliphatic rings. The van der Waals surface area contributed by atoms with Crippen molar-refractivity contribution in [2.24, 2.45) is 0 Å². The summed E-state index contributed by atoms with van der Waals surface area (Å²) in [6.07, 6.45) is -0.366. The van der Waals surface area contributed by atoms with Gasteiger partial charge in [0.2, 0.25) is 0 Å². The van der Waals surface area contributed by atoms with Gasteiger partial charge in [0.25, 0.3) is 0 Å². The van der Waals surface area contributed by atoms with E-state index in [0.29, 0.717) is 35.0 Å². The molecule has 0 spiro atoms. The molecule has 7 heteroatoms. The van der Waals surface area contributed by atoms with E-state index in [4.69, 9.17) is 18.9 Å². The Morgan fingerprint density at radius 3 is 2.59 bits per heavy atom. The number of rotatable bonds is 3. The highest BCUT2D eigenvalue weighted by atomic mass is 16.5. The standard InChI is InChI=1S/C22H24O7/c1-22(2)18(24)9-13-16(29-22)6-5-12(21(13)27-4)14-10-28-17-8-11(26-3)7-15(23)19(17)20(14)25/h5-8,14,18,23-24H,9-10H2,1-4H3. The SMILES string of the molecule is COc1cc(O)c2c(c1)OCC(c1ccc3c(c1OC)CC(O)C(C)(C)O3)C2=O. The largest absolute Gasteiger partial charge is 0.507 e. The fourth-order valence-electron chi connectivity index (χ4n) is 3.93. The molecule has 2 unspecified atom stereocenters. The molecule has 4 rings (SSSR count). The first kappa shape index (κ1) is 19.4. The Bertz CT molecular complexity index is 980. The molecular formula is C22H24O7. The molecule has 2 heterocycles. The van der Waals surface area contributed by atoms with Crippen molar-refractivity contribution in [2.45, 2.75) is 37.9 Å². The molecule has 0 aromatic heterocycles. The molecule has 2 aliphatic heterocycles. The maximum atomic E-state index is 13.2. The number of carbonyl (C=O) groups is 1. The fraction of sp³-hybridized carbons (Fsp3) is 0.409. The molecule has 154 valence electrons. The van der Waals surface area contributed by atoms with Crippen LogP contribution < -0.4 is 18.9 Å². The summed E-state index contributed by atoms with van der Waals surface area (Å²) in [7, 11) is 3.00. The molecule has 0 bridgehead atoms. The number of aromatic hydroxyl groups is 1. The van der Waals surface area contributed by atoms with Gasteiger partial charge >= 0.3 is 0 Å². The van der Waals surface area contributed by atoms with Gasteiger partial charge in [0.1, 0.15) is 46.5 Å². The summed E-state index contributed by atoms with van der Waals surface area (Å²) in [5.74, 6) is 0.713. The molecule has 0 amide bonds. The van der Waals surface area contributed by atoms with Crippen LogP contribution in [0.15, 0.2) is 24.3 Å². The van der Waals surface area contributed by atoms with Gasteiger partial charge in [0.05, 0.1) is 26.2 Å². The number of phenols is 1. The molecule has 2 aromatic rings. The van der Waals surface area contributed by atoms with Crippen LogP contribution in [0.25, 0.3) is 0 Å². The molecule has 0 fully saturated rings. The summed E-state index contributed by atoms with van der Waals surface area (Å²) in [6, 6.07) is 6.54. The molecule has 2 aromatic carbocycles. The van der Waals surface area contributed by atoms with E-state index in [1.165, 1.54) is 20.3 Å². The van der Waals surface area contributed by atoms with Crippen LogP contribution in [0.2, 0.25) is 0 Å². The average Bonchev–Trinajstić information content (AvgIpc) is 2.68. The molecule has 7 nitrogen and oxygen atoms in total. The third kappa shape index (κ3) is 3.06. The van der Waals surface area contributed by atoms with Crippen LogP contribution in [0.1, 0.15) is 41.3 Å².